The van der Waals surface area contributed by atoms with Gasteiger partial charge in [-0.25, -0.2) is 19.7 Å². The lowest BCUT2D eigenvalue weighted by Crippen LogP contribution is -2.47. The Kier molecular flexibility index (Phi) is 4.05. The van der Waals surface area contributed by atoms with Crippen LogP contribution in [0.1, 0.15) is 12.8 Å². The van der Waals surface area contributed by atoms with E-state index in [1.807, 2.05) is 18.2 Å². The molecular weight excluding hydrogens is 318 g/mol. The third-order valence-corrected chi connectivity index (χ3v) is 4.75. The number of nitrogens with zero attached hydrogens (tertiary/aromatic N) is 5. The molecule has 0 spiro atoms. The van der Waals surface area contributed by atoms with Crippen molar-refractivity contribution < 1.29 is 9.59 Å². The van der Waals surface area contributed by atoms with Crippen LogP contribution in [0.5, 0.6) is 0 Å². The highest BCUT2D eigenvalue weighted by molar-refractivity contribution is 6.19. The molecule has 25 heavy (non-hydrogen) atoms. The van der Waals surface area contributed by atoms with Crippen LogP contribution in [0.25, 0.3) is 0 Å². The highest BCUT2D eigenvalue weighted by Gasteiger charge is 2.41. The number of rotatable bonds is 3. The molecule has 2 aliphatic heterocycles. The van der Waals surface area contributed by atoms with Crippen molar-refractivity contribution in [2.45, 2.75) is 18.9 Å². The molecule has 2 aromatic rings. The molecule has 0 radical (unpaired) electrons. The van der Waals surface area contributed by atoms with Crippen molar-refractivity contribution in [3.63, 3.8) is 0 Å². The van der Waals surface area contributed by atoms with E-state index in [0.717, 1.165) is 31.9 Å². The van der Waals surface area contributed by atoms with Gasteiger partial charge in [-0.15, -0.1) is 0 Å². The van der Waals surface area contributed by atoms with E-state index < -0.39 is 0 Å². The summed E-state index contributed by atoms with van der Waals surface area (Å²) in [5.41, 5.74) is 0.634. The predicted octanol–water partition coefficient (Wildman–Crippen LogP) is 1.91. The van der Waals surface area contributed by atoms with Gasteiger partial charge < -0.3 is 9.80 Å². The highest BCUT2D eigenvalue weighted by atomic mass is 16.2. The van der Waals surface area contributed by atoms with E-state index in [0.29, 0.717) is 5.69 Å². The van der Waals surface area contributed by atoms with Crippen LogP contribution in [0.3, 0.4) is 0 Å². The molecule has 0 atom stereocenters. The summed E-state index contributed by atoms with van der Waals surface area (Å²) in [6, 6.07) is 10.8. The first-order chi connectivity index (χ1) is 12.2. The van der Waals surface area contributed by atoms with Gasteiger partial charge in [0.15, 0.2) is 0 Å². The Bertz CT molecular complexity index is 760. The van der Waals surface area contributed by atoms with Crippen molar-refractivity contribution in [1.29, 1.82) is 0 Å². The lowest BCUT2D eigenvalue weighted by Gasteiger charge is -2.36. The number of benzene rings is 1. The van der Waals surface area contributed by atoms with Gasteiger partial charge in [0.05, 0.1) is 5.69 Å². The molecule has 0 N–H and O–H groups in total. The molecule has 3 heterocycles. The number of aromatic nitrogens is 2. The molecule has 4 rings (SSSR count). The third-order valence-electron chi connectivity index (χ3n) is 4.75. The molecule has 1 aromatic carbocycles. The van der Waals surface area contributed by atoms with Crippen LogP contribution in [0.15, 0.2) is 48.8 Å². The summed E-state index contributed by atoms with van der Waals surface area (Å²) in [6.07, 6.45) is 5.07. The summed E-state index contributed by atoms with van der Waals surface area (Å²) >= 11 is 0. The number of para-hydroxylation sites is 1. The fourth-order valence-electron chi connectivity index (χ4n) is 3.47. The molecule has 0 unspecified atom stereocenters. The Balaban J connectivity index is 1.44. The van der Waals surface area contributed by atoms with Crippen LogP contribution in [-0.4, -0.2) is 52.5 Å². The molecule has 2 aliphatic rings. The quantitative estimate of drug-likeness (QED) is 0.800. The van der Waals surface area contributed by atoms with Gasteiger partial charge in [0.1, 0.15) is 6.54 Å². The number of carbonyl (C=O) groups is 2. The Hall–Kier alpha value is -2.96. The zero-order chi connectivity index (χ0) is 17.2. The topological polar surface area (TPSA) is 69.6 Å². The van der Waals surface area contributed by atoms with E-state index in [2.05, 4.69) is 14.9 Å². The average Bonchev–Trinajstić information content (AvgIpc) is 2.97. The van der Waals surface area contributed by atoms with Crippen molar-refractivity contribution in [2.75, 3.05) is 29.4 Å². The minimum Gasteiger partial charge on any atom is -0.341 e. The summed E-state index contributed by atoms with van der Waals surface area (Å²) in [4.78, 5) is 38.8. The van der Waals surface area contributed by atoms with Crippen molar-refractivity contribution >= 4 is 23.6 Å². The summed E-state index contributed by atoms with van der Waals surface area (Å²) in [5, 5.41) is 0. The maximum atomic E-state index is 12.8. The predicted molar refractivity (Wildman–Crippen MR) is 93.3 cm³/mol. The van der Waals surface area contributed by atoms with Crippen molar-refractivity contribution in [1.82, 2.24) is 14.9 Å². The number of hydrogen-bond donors (Lipinski definition) is 0. The van der Waals surface area contributed by atoms with Gasteiger partial charge in [0.2, 0.25) is 5.95 Å². The van der Waals surface area contributed by atoms with Crippen molar-refractivity contribution in [3.05, 3.63) is 48.8 Å². The van der Waals surface area contributed by atoms with Crippen LogP contribution in [0.4, 0.5) is 16.4 Å². The minimum absolute atomic E-state index is 0.0742. The number of urea groups is 1. The molecule has 7 nitrogen and oxygen atoms in total. The van der Waals surface area contributed by atoms with Crippen molar-refractivity contribution in [3.8, 4) is 0 Å². The normalized spacial score (nSPS) is 19.0. The molecule has 128 valence electrons. The second-order valence-electron chi connectivity index (χ2n) is 6.24. The molecule has 1 aromatic heterocycles. The molecule has 0 saturated carbocycles. The minimum atomic E-state index is -0.217. The number of imide groups is 1. The number of anilines is 2. The molecule has 0 aliphatic carbocycles. The molecular formula is C18H19N5O2. The molecule has 2 fully saturated rings. The van der Waals surface area contributed by atoms with E-state index in [4.69, 9.17) is 0 Å². The Morgan fingerprint density at radius 2 is 1.60 bits per heavy atom. The first-order valence-electron chi connectivity index (χ1n) is 8.44. The number of hydrogen-bond acceptors (Lipinski definition) is 5. The van der Waals surface area contributed by atoms with Gasteiger partial charge in [-0.1, -0.05) is 18.2 Å². The maximum Gasteiger partial charge on any atom is 0.332 e. The van der Waals surface area contributed by atoms with Gasteiger partial charge in [0, 0.05) is 31.5 Å². The van der Waals surface area contributed by atoms with Crippen LogP contribution in [-0.2, 0) is 4.79 Å². The smallest absolute Gasteiger partial charge is 0.332 e. The Morgan fingerprint density at radius 1 is 0.920 bits per heavy atom. The van der Waals surface area contributed by atoms with Crippen LogP contribution < -0.4 is 9.80 Å². The van der Waals surface area contributed by atoms with Gasteiger partial charge in [-0.2, -0.15) is 0 Å². The Labute approximate surface area is 145 Å². The third kappa shape index (κ3) is 2.93. The maximum absolute atomic E-state index is 12.8. The molecule has 3 amide bonds. The molecule has 7 heteroatoms. The van der Waals surface area contributed by atoms with Crippen molar-refractivity contribution in [2.24, 2.45) is 0 Å². The van der Waals surface area contributed by atoms with E-state index in [1.54, 1.807) is 35.5 Å². The van der Waals surface area contributed by atoms with E-state index in [1.165, 1.54) is 4.90 Å². The molecule has 2 saturated heterocycles. The standard InChI is InChI=1S/C18H19N5O2/c24-16-13-22(18(25)23(16)15-5-2-1-3-6-15)14-7-11-21(12-8-14)17-19-9-4-10-20-17/h1-6,9-10,14H,7-8,11-13H2. The first kappa shape index (κ1) is 15.6. The zero-order valence-corrected chi connectivity index (χ0v) is 13.8. The second kappa shape index (κ2) is 6.51. The van der Waals surface area contributed by atoms with Gasteiger partial charge in [-0.3, -0.25) is 4.79 Å². The number of amides is 3. The van der Waals surface area contributed by atoms with Crippen LogP contribution in [0, 0.1) is 0 Å². The van der Waals surface area contributed by atoms with E-state index in [9.17, 15) is 9.59 Å². The van der Waals surface area contributed by atoms with Gasteiger partial charge in [-0.05, 0) is 31.0 Å². The lowest BCUT2D eigenvalue weighted by atomic mass is 10.0. The Morgan fingerprint density at radius 3 is 2.28 bits per heavy atom. The summed E-state index contributed by atoms with van der Waals surface area (Å²) in [5.74, 6) is 0.556. The summed E-state index contributed by atoms with van der Waals surface area (Å²) in [7, 11) is 0. The fourth-order valence-corrected chi connectivity index (χ4v) is 3.47. The van der Waals surface area contributed by atoms with E-state index >= 15 is 0 Å². The van der Waals surface area contributed by atoms with E-state index in [-0.39, 0.29) is 24.5 Å². The summed E-state index contributed by atoms with van der Waals surface area (Å²) in [6.45, 7) is 1.70. The largest absolute Gasteiger partial charge is 0.341 e. The second-order valence-corrected chi connectivity index (χ2v) is 6.24. The average molecular weight is 337 g/mol. The monoisotopic (exact) mass is 337 g/mol. The van der Waals surface area contributed by atoms with Crippen LogP contribution >= 0.6 is 0 Å². The van der Waals surface area contributed by atoms with Gasteiger partial charge >= 0.3 is 6.03 Å². The number of carbonyl (C=O) groups excluding carboxylic acids is 2. The van der Waals surface area contributed by atoms with Crippen LogP contribution in [0.2, 0.25) is 0 Å². The summed E-state index contributed by atoms with van der Waals surface area (Å²) < 4.78 is 0. The molecule has 0 bridgehead atoms. The number of piperidine rings is 1. The van der Waals surface area contributed by atoms with Gasteiger partial charge in [0.25, 0.3) is 5.91 Å². The first-order valence-corrected chi connectivity index (χ1v) is 8.44. The highest BCUT2D eigenvalue weighted by Crippen LogP contribution is 2.26. The fraction of sp³-hybridized carbons (Fsp3) is 0.333. The lowest BCUT2D eigenvalue weighted by molar-refractivity contribution is -0.116. The SMILES string of the molecule is O=C1CN(C2CCN(c3ncccn3)CC2)C(=O)N1c1ccccc1. The zero-order valence-electron chi connectivity index (χ0n) is 13.8.